The van der Waals surface area contributed by atoms with E-state index in [1.165, 1.54) is 12.8 Å². The van der Waals surface area contributed by atoms with Crippen LogP contribution in [0.25, 0.3) is 33.7 Å². The molecule has 3 aromatic heterocycles. The zero-order valence-electron chi connectivity index (χ0n) is 20.1. The Kier molecular flexibility index (Phi) is 8.25. The predicted molar refractivity (Wildman–Crippen MR) is 137 cm³/mol. The van der Waals surface area contributed by atoms with Gasteiger partial charge in [0.05, 0.1) is 5.69 Å². The van der Waals surface area contributed by atoms with Crippen molar-refractivity contribution in [3.8, 4) is 28.4 Å². The van der Waals surface area contributed by atoms with Gasteiger partial charge in [0.2, 0.25) is 0 Å². The van der Waals surface area contributed by atoms with Gasteiger partial charge < -0.3 is 30.6 Å². The lowest BCUT2D eigenvalue weighted by molar-refractivity contribution is 0.108. The Hall–Kier alpha value is -3.53. The zero-order chi connectivity index (χ0) is 24.6. The second-order valence-electron chi connectivity index (χ2n) is 8.42. The summed E-state index contributed by atoms with van der Waals surface area (Å²) in [6.45, 7) is 4.55. The van der Waals surface area contributed by atoms with Crippen molar-refractivity contribution in [3.05, 3.63) is 54.4 Å². The second-order valence-corrected chi connectivity index (χ2v) is 8.42. The third kappa shape index (κ3) is 6.33. The molecule has 0 spiro atoms. The summed E-state index contributed by atoms with van der Waals surface area (Å²) < 4.78 is 10.6. The van der Waals surface area contributed by atoms with Crippen LogP contribution in [0, 0.1) is 6.92 Å². The lowest BCUT2D eigenvalue weighted by atomic mass is 10.1. The van der Waals surface area contributed by atoms with Crippen LogP contribution in [0.2, 0.25) is 0 Å². The fourth-order valence-electron chi connectivity index (χ4n) is 3.74. The molecule has 1 saturated heterocycles. The van der Waals surface area contributed by atoms with Gasteiger partial charge in [-0.3, -0.25) is 0 Å². The van der Waals surface area contributed by atoms with Gasteiger partial charge in [0.25, 0.3) is 0 Å². The number of nitrogens with one attached hydrogen (secondary N) is 2. The van der Waals surface area contributed by atoms with Gasteiger partial charge in [-0.05, 0) is 51.1 Å². The van der Waals surface area contributed by atoms with Crippen LogP contribution in [-0.2, 0) is 4.74 Å². The smallest absolute Gasteiger partial charge is 0.162 e. The molecule has 0 radical (unpaired) electrons. The Morgan fingerprint density at radius 2 is 2.00 bits per heavy atom. The number of aromatic amines is 1. The van der Waals surface area contributed by atoms with Gasteiger partial charge in [0.1, 0.15) is 29.9 Å². The fraction of sp³-hybridized carbons (Fsp3) is 0.346. The van der Waals surface area contributed by atoms with Crippen LogP contribution in [0.1, 0.15) is 18.4 Å². The summed E-state index contributed by atoms with van der Waals surface area (Å²) in [5.41, 5.74) is 10.2. The molecule has 4 heterocycles. The zero-order valence-corrected chi connectivity index (χ0v) is 20.1. The molecule has 184 valence electrons. The number of benzene rings is 1. The molecule has 1 aliphatic rings. The van der Waals surface area contributed by atoms with Gasteiger partial charge in [-0.25, -0.2) is 15.0 Å². The molecular weight excluding hydrogens is 444 g/mol. The van der Waals surface area contributed by atoms with Crippen molar-refractivity contribution in [1.82, 2.24) is 25.3 Å². The van der Waals surface area contributed by atoms with Gasteiger partial charge in [-0.2, -0.15) is 0 Å². The first-order valence-corrected chi connectivity index (χ1v) is 11.8. The van der Waals surface area contributed by atoms with Crippen LogP contribution in [0.5, 0.6) is 5.75 Å². The minimum atomic E-state index is -0.590. The maximum Gasteiger partial charge on any atom is 0.162 e. The van der Waals surface area contributed by atoms with E-state index < -0.39 is 6.10 Å². The Labute approximate surface area is 204 Å². The minimum absolute atomic E-state index is 0.189. The number of likely N-dealkylation sites (N-methyl/N-ethyl adjacent to an activating group) is 1. The molecule has 4 aromatic rings. The largest absolute Gasteiger partial charge is 0.491 e. The van der Waals surface area contributed by atoms with Gasteiger partial charge in [0.15, 0.2) is 5.82 Å². The van der Waals surface area contributed by atoms with Gasteiger partial charge in [-0.15, -0.1) is 0 Å². The Morgan fingerprint density at radius 3 is 2.74 bits per heavy atom. The van der Waals surface area contributed by atoms with Crippen molar-refractivity contribution < 1.29 is 14.6 Å². The van der Waals surface area contributed by atoms with Crippen molar-refractivity contribution >= 4 is 16.9 Å². The minimum Gasteiger partial charge on any atom is -0.491 e. The van der Waals surface area contributed by atoms with Crippen LogP contribution in [-0.4, -0.2) is 64.6 Å². The van der Waals surface area contributed by atoms with Crippen LogP contribution in [0.4, 0.5) is 5.82 Å². The maximum absolute atomic E-state index is 9.85. The number of H-pyrrole nitrogens is 1. The van der Waals surface area contributed by atoms with E-state index in [0.29, 0.717) is 23.9 Å². The van der Waals surface area contributed by atoms with Gasteiger partial charge in [-0.1, -0.05) is 12.1 Å². The van der Waals surface area contributed by atoms with Crippen molar-refractivity contribution in [2.75, 3.05) is 39.1 Å². The maximum atomic E-state index is 9.85. The average Bonchev–Trinajstić information content (AvgIpc) is 3.60. The van der Waals surface area contributed by atoms with Gasteiger partial charge in [0, 0.05) is 54.2 Å². The summed E-state index contributed by atoms with van der Waals surface area (Å²) in [5, 5.41) is 13.8. The number of aliphatic hydroxyl groups is 1. The Balaban J connectivity index is 0.000000514. The summed E-state index contributed by atoms with van der Waals surface area (Å²) in [6, 6.07) is 11.4. The predicted octanol–water partition coefficient (Wildman–Crippen LogP) is 3.33. The monoisotopic (exact) mass is 476 g/mol. The van der Waals surface area contributed by atoms with Crippen molar-refractivity contribution in [2.45, 2.75) is 25.9 Å². The van der Waals surface area contributed by atoms with E-state index >= 15 is 0 Å². The average molecular weight is 477 g/mol. The number of rotatable bonds is 7. The number of anilines is 1. The molecule has 9 nitrogen and oxygen atoms in total. The van der Waals surface area contributed by atoms with Crippen LogP contribution >= 0.6 is 0 Å². The second kappa shape index (κ2) is 11.7. The number of nitrogen functional groups attached to an aromatic ring is 1. The first kappa shape index (κ1) is 24.6. The molecule has 1 aliphatic heterocycles. The fourth-order valence-corrected chi connectivity index (χ4v) is 3.74. The highest BCUT2D eigenvalue weighted by atomic mass is 16.5. The standard InChI is InChI=1S/C22H24N6O2.C4H8O/c1-13-19(16-8-15-6-7-25-21(15)26-10-16)27-22(28-20(13)23)14-4-3-5-18(9-14)30-12-17(29)11-24-2;1-2-4-5-3-1/h3-10,17,24,29H,11-12H2,1-2H3,(H,25,26)(H2,23,27,28);1-4H2. The lowest BCUT2D eigenvalue weighted by Crippen LogP contribution is -2.29. The number of ether oxygens (including phenoxy) is 2. The van der Waals surface area contributed by atoms with Crippen LogP contribution in [0.3, 0.4) is 0 Å². The molecule has 0 saturated carbocycles. The van der Waals surface area contributed by atoms with Crippen molar-refractivity contribution in [2.24, 2.45) is 0 Å². The van der Waals surface area contributed by atoms with E-state index in [-0.39, 0.29) is 6.61 Å². The number of aromatic nitrogens is 4. The molecule has 0 bridgehead atoms. The summed E-state index contributed by atoms with van der Waals surface area (Å²) in [4.78, 5) is 16.8. The van der Waals surface area contributed by atoms with Crippen LogP contribution in [0.15, 0.2) is 48.8 Å². The van der Waals surface area contributed by atoms with Crippen molar-refractivity contribution in [3.63, 3.8) is 0 Å². The molecule has 9 heteroatoms. The highest BCUT2D eigenvalue weighted by molar-refractivity contribution is 5.82. The third-order valence-electron chi connectivity index (χ3n) is 5.66. The summed E-state index contributed by atoms with van der Waals surface area (Å²) in [7, 11) is 1.78. The molecule has 1 unspecified atom stereocenters. The normalized spacial score (nSPS) is 13.9. The molecule has 35 heavy (non-hydrogen) atoms. The summed E-state index contributed by atoms with van der Waals surface area (Å²) in [5.74, 6) is 1.55. The number of aliphatic hydroxyl groups excluding tert-OH is 1. The number of hydrogen-bond donors (Lipinski definition) is 4. The first-order valence-electron chi connectivity index (χ1n) is 11.8. The van der Waals surface area contributed by atoms with E-state index in [4.69, 9.17) is 20.2 Å². The van der Waals surface area contributed by atoms with E-state index in [2.05, 4.69) is 20.3 Å². The van der Waals surface area contributed by atoms with Crippen molar-refractivity contribution in [1.29, 1.82) is 0 Å². The Morgan fingerprint density at radius 1 is 1.17 bits per heavy atom. The topological polar surface area (TPSA) is 131 Å². The van der Waals surface area contributed by atoms with E-state index in [1.54, 1.807) is 13.2 Å². The molecule has 1 aromatic carbocycles. The number of fused-ring (bicyclic) bond motifs is 1. The number of nitrogens with zero attached hydrogens (tertiary/aromatic N) is 3. The van der Waals surface area contributed by atoms with E-state index in [0.717, 1.165) is 46.6 Å². The number of nitrogens with two attached hydrogens (primary N) is 1. The lowest BCUT2D eigenvalue weighted by Gasteiger charge is -2.13. The highest BCUT2D eigenvalue weighted by Gasteiger charge is 2.14. The summed E-state index contributed by atoms with van der Waals surface area (Å²) >= 11 is 0. The molecule has 5 rings (SSSR count). The molecular formula is C26H32N6O3. The Bertz CT molecular complexity index is 1250. The molecule has 0 amide bonds. The van der Waals surface area contributed by atoms with Gasteiger partial charge >= 0.3 is 0 Å². The number of pyridine rings is 1. The highest BCUT2D eigenvalue weighted by Crippen LogP contribution is 2.30. The van der Waals surface area contributed by atoms with Crippen LogP contribution < -0.4 is 15.8 Å². The molecule has 1 atom stereocenters. The number of hydrogen-bond acceptors (Lipinski definition) is 8. The first-order chi connectivity index (χ1) is 17.0. The summed E-state index contributed by atoms with van der Waals surface area (Å²) in [6.07, 6.45) is 5.60. The molecule has 5 N–H and O–H groups in total. The molecule has 1 fully saturated rings. The molecule has 0 aliphatic carbocycles. The third-order valence-corrected chi connectivity index (χ3v) is 5.66. The van der Waals surface area contributed by atoms with E-state index in [1.807, 2.05) is 49.5 Å². The SMILES string of the molecule is C1CCOC1.CNCC(O)COc1cccc(-c2nc(N)c(C)c(-c3cnc4[nH]ccc4c3)n2)c1. The van der Waals surface area contributed by atoms with E-state index in [9.17, 15) is 5.11 Å². The quantitative estimate of drug-likeness (QED) is 0.319.